The summed E-state index contributed by atoms with van der Waals surface area (Å²) in [6.45, 7) is 4.04. The molecule has 3 nitrogen and oxygen atoms in total. The molecule has 0 aliphatic carbocycles. The van der Waals surface area contributed by atoms with E-state index in [1.165, 1.54) is 0 Å². The molecule has 0 amide bonds. The zero-order valence-corrected chi connectivity index (χ0v) is 12.5. The van der Waals surface area contributed by atoms with Crippen molar-refractivity contribution in [3.05, 3.63) is 47.0 Å². The first-order chi connectivity index (χ1) is 9.28. The van der Waals surface area contributed by atoms with Gasteiger partial charge in [-0.25, -0.2) is 4.98 Å². The van der Waals surface area contributed by atoms with E-state index in [4.69, 9.17) is 11.6 Å². The van der Waals surface area contributed by atoms with Crippen LogP contribution in [0.4, 0.5) is 0 Å². The van der Waals surface area contributed by atoms with Gasteiger partial charge in [-0.05, 0) is 31.2 Å². The van der Waals surface area contributed by atoms with E-state index in [2.05, 4.69) is 28.3 Å². The number of aromatic nitrogens is 2. The van der Waals surface area contributed by atoms with Crippen molar-refractivity contribution in [2.24, 2.45) is 0 Å². The summed E-state index contributed by atoms with van der Waals surface area (Å²) in [4.78, 5) is 8.87. The van der Waals surface area contributed by atoms with Crippen molar-refractivity contribution in [2.45, 2.75) is 30.5 Å². The van der Waals surface area contributed by atoms with Crippen LogP contribution in [0.5, 0.6) is 0 Å². The molecular formula is C14H18ClN3S. The molecule has 0 spiro atoms. The summed E-state index contributed by atoms with van der Waals surface area (Å²) < 4.78 is 0. The van der Waals surface area contributed by atoms with Crippen molar-refractivity contribution < 1.29 is 0 Å². The zero-order valence-electron chi connectivity index (χ0n) is 10.9. The maximum atomic E-state index is 5.96. The van der Waals surface area contributed by atoms with Gasteiger partial charge in [-0.2, -0.15) is 0 Å². The molecule has 1 aromatic carbocycles. The Labute approximate surface area is 123 Å². The van der Waals surface area contributed by atoms with Gasteiger partial charge in [0.05, 0.1) is 5.75 Å². The molecule has 1 heterocycles. The second-order valence-electron chi connectivity index (χ2n) is 4.28. The van der Waals surface area contributed by atoms with Crippen LogP contribution in [0.25, 0.3) is 0 Å². The van der Waals surface area contributed by atoms with Crippen molar-refractivity contribution in [2.75, 3.05) is 6.54 Å². The Kier molecular flexibility index (Phi) is 5.76. The smallest absolute Gasteiger partial charge is 0.116 e. The minimum atomic E-state index is 0.772. The van der Waals surface area contributed by atoms with E-state index in [1.54, 1.807) is 11.8 Å². The molecule has 2 rings (SSSR count). The summed E-state index contributed by atoms with van der Waals surface area (Å²) in [5.41, 5.74) is 1.13. The first-order valence-corrected chi connectivity index (χ1v) is 7.76. The number of hydrogen-bond acceptors (Lipinski definition) is 3. The highest BCUT2D eigenvalue weighted by Crippen LogP contribution is 2.24. The molecule has 2 N–H and O–H groups in total. The van der Waals surface area contributed by atoms with Gasteiger partial charge in [-0.3, -0.25) is 0 Å². The number of rotatable bonds is 7. The molecule has 102 valence electrons. The number of thioether (sulfide) groups is 1. The van der Waals surface area contributed by atoms with Crippen molar-refractivity contribution in [3.8, 4) is 0 Å². The predicted octanol–water partition coefficient (Wildman–Crippen LogP) is 3.86. The Morgan fingerprint density at radius 1 is 1.42 bits per heavy atom. The summed E-state index contributed by atoms with van der Waals surface area (Å²) in [5.74, 6) is 1.83. The van der Waals surface area contributed by atoms with Gasteiger partial charge in [-0.1, -0.05) is 24.6 Å². The average Bonchev–Trinajstić information content (AvgIpc) is 2.85. The highest BCUT2D eigenvalue weighted by Gasteiger charge is 2.02. The minimum absolute atomic E-state index is 0.772. The lowest BCUT2D eigenvalue weighted by Crippen LogP contribution is -2.13. The van der Waals surface area contributed by atoms with Crippen LogP contribution < -0.4 is 5.32 Å². The van der Waals surface area contributed by atoms with Crippen LogP contribution in [0.1, 0.15) is 24.9 Å². The second-order valence-corrected chi connectivity index (χ2v) is 5.76. The first kappa shape index (κ1) is 14.4. The summed E-state index contributed by atoms with van der Waals surface area (Å²) >= 11 is 7.69. The summed E-state index contributed by atoms with van der Waals surface area (Å²) in [6.07, 6.45) is 3.04. The normalized spacial score (nSPS) is 10.8. The lowest BCUT2D eigenvalue weighted by Gasteiger charge is -2.01. The van der Waals surface area contributed by atoms with Crippen LogP contribution in [0, 0.1) is 0 Å². The lowest BCUT2D eigenvalue weighted by molar-refractivity contribution is 0.666. The topological polar surface area (TPSA) is 40.7 Å². The maximum absolute atomic E-state index is 5.96. The molecule has 0 aliphatic rings. The third-order valence-electron chi connectivity index (χ3n) is 2.59. The van der Waals surface area contributed by atoms with Crippen molar-refractivity contribution in [1.82, 2.24) is 15.3 Å². The SMILES string of the molecule is CCCNCc1cnc(CSc2cccc(Cl)c2)[nH]1. The standard InChI is InChI=1S/C14H18ClN3S/c1-2-6-16-8-12-9-17-14(18-12)10-19-13-5-3-4-11(15)7-13/h3-5,7,9,16H,2,6,8,10H2,1H3,(H,17,18). The van der Waals surface area contributed by atoms with Crippen LogP contribution in [0.15, 0.2) is 35.4 Å². The Bertz CT molecular complexity index is 513. The summed E-state index contributed by atoms with van der Waals surface area (Å²) in [5, 5.41) is 4.12. The zero-order chi connectivity index (χ0) is 13.5. The van der Waals surface area contributed by atoms with Gasteiger partial charge < -0.3 is 10.3 Å². The predicted molar refractivity (Wildman–Crippen MR) is 81.6 cm³/mol. The van der Waals surface area contributed by atoms with Crippen LogP contribution in [0.2, 0.25) is 5.02 Å². The number of benzene rings is 1. The number of H-pyrrole nitrogens is 1. The van der Waals surface area contributed by atoms with E-state index < -0.39 is 0 Å². The maximum Gasteiger partial charge on any atom is 0.116 e. The molecular weight excluding hydrogens is 278 g/mol. The molecule has 0 saturated carbocycles. The molecule has 0 radical (unpaired) electrons. The highest BCUT2D eigenvalue weighted by atomic mass is 35.5. The Morgan fingerprint density at radius 3 is 3.11 bits per heavy atom. The van der Waals surface area contributed by atoms with Crippen molar-refractivity contribution in [1.29, 1.82) is 0 Å². The monoisotopic (exact) mass is 295 g/mol. The third-order valence-corrected chi connectivity index (χ3v) is 3.84. The molecule has 0 aliphatic heterocycles. The fourth-order valence-corrected chi connectivity index (χ4v) is 2.77. The van der Waals surface area contributed by atoms with Gasteiger partial charge in [0.2, 0.25) is 0 Å². The number of imidazole rings is 1. The largest absolute Gasteiger partial charge is 0.344 e. The van der Waals surface area contributed by atoms with Gasteiger partial charge in [-0.15, -0.1) is 11.8 Å². The molecule has 0 saturated heterocycles. The second kappa shape index (κ2) is 7.58. The average molecular weight is 296 g/mol. The van der Waals surface area contributed by atoms with Crippen LogP contribution in [0.3, 0.4) is 0 Å². The van der Waals surface area contributed by atoms with Crippen LogP contribution >= 0.6 is 23.4 Å². The fourth-order valence-electron chi connectivity index (χ4n) is 1.68. The molecule has 1 aromatic heterocycles. The number of nitrogens with zero attached hydrogens (tertiary/aromatic N) is 1. The quantitative estimate of drug-likeness (QED) is 0.602. The van der Waals surface area contributed by atoms with E-state index in [0.717, 1.165) is 46.7 Å². The van der Waals surface area contributed by atoms with E-state index in [0.29, 0.717) is 0 Å². The van der Waals surface area contributed by atoms with Crippen LogP contribution in [-0.2, 0) is 12.3 Å². The molecule has 2 aromatic rings. The van der Waals surface area contributed by atoms with Crippen LogP contribution in [-0.4, -0.2) is 16.5 Å². The molecule has 0 unspecified atom stereocenters. The number of halogens is 1. The molecule has 0 fully saturated rings. The van der Waals surface area contributed by atoms with E-state index >= 15 is 0 Å². The molecule has 0 bridgehead atoms. The van der Waals surface area contributed by atoms with Crippen molar-refractivity contribution >= 4 is 23.4 Å². The van der Waals surface area contributed by atoms with Crippen molar-refractivity contribution in [3.63, 3.8) is 0 Å². The van der Waals surface area contributed by atoms with E-state index in [1.807, 2.05) is 24.4 Å². The van der Waals surface area contributed by atoms with Gasteiger partial charge in [0, 0.05) is 28.4 Å². The van der Waals surface area contributed by atoms with E-state index in [9.17, 15) is 0 Å². The Balaban J connectivity index is 1.83. The van der Waals surface area contributed by atoms with E-state index in [-0.39, 0.29) is 0 Å². The summed E-state index contributed by atoms with van der Waals surface area (Å²) in [6, 6.07) is 7.88. The fraction of sp³-hybridized carbons (Fsp3) is 0.357. The molecule has 5 heteroatoms. The van der Waals surface area contributed by atoms with Gasteiger partial charge in [0.1, 0.15) is 5.82 Å². The number of aromatic amines is 1. The highest BCUT2D eigenvalue weighted by molar-refractivity contribution is 7.98. The Morgan fingerprint density at radius 2 is 2.32 bits per heavy atom. The Hall–Kier alpha value is -0.970. The van der Waals surface area contributed by atoms with Gasteiger partial charge >= 0.3 is 0 Å². The summed E-state index contributed by atoms with van der Waals surface area (Å²) in [7, 11) is 0. The number of hydrogen-bond donors (Lipinski definition) is 2. The first-order valence-electron chi connectivity index (χ1n) is 6.39. The van der Waals surface area contributed by atoms with Gasteiger partial charge in [0.15, 0.2) is 0 Å². The third kappa shape index (κ3) is 4.90. The molecule has 0 atom stereocenters. The minimum Gasteiger partial charge on any atom is -0.344 e. The van der Waals surface area contributed by atoms with Gasteiger partial charge in [0.25, 0.3) is 0 Å². The molecule has 19 heavy (non-hydrogen) atoms. The lowest BCUT2D eigenvalue weighted by atomic mass is 10.4. The number of nitrogens with one attached hydrogen (secondary N) is 2.